The zero-order valence-corrected chi connectivity index (χ0v) is 15.6. The lowest BCUT2D eigenvalue weighted by Gasteiger charge is -2.16. The van der Waals surface area contributed by atoms with E-state index in [-0.39, 0.29) is 38.9 Å². The van der Waals surface area contributed by atoms with E-state index in [1.54, 1.807) is 0 Å². The Bertz CT molecular complexity index is 624. The van der Waals surface area contributed by atoms with Crippen LogP contribution in [0.2, 0.25) is 0 Å². The quantitative estimate of drug-likeness (QED) is 0.320. The van der Waals surface area contributed by atoms with Crippen LogP contribution in [0.5, 0.6) is 0 Å². The van der Waals surface area contributed by atoms with Crippen LogP contribution in [0.3, 0.4) is 0 Å². The summed E-state index contributed by atoms with van der Waals surface area (Å²) in [5.41, 5.74) is -2.62. The second kappa shape index (κ2) is 11.1. The van der Waals surface area contributed by atoms with E-state index in [1.165, 1.54) is 21.3 Å². The average Bonchev–Trinajstić information content (AvgIpc) is 2.66. The minimum atomic E-state index is -1.18. The molecule has 3 N–H and O–H groups in total. The van der Waals surface area contributed by atoms with E-state index in [9.17, 15) is 29.7 Å². The van der Waals surface area contributed by atoms with Crippen molar-refractivity contribution in [1.82, 2.24) is 13.7 Å². The summed E-state index contributed by atoms with van der Waals surface area (Å²) in [6.45, 7) is -0.564. The molecule has 0 spiro atoms. The van der Waals surface area contributed by atoms with Crippen LogP contribution in [-0.2, 0) is 33.8 Å². The molecule has 0 aliphatic carbocycles. The molecule has 12 nitrogen and oxygen atoms in total. The summed E-state index contributed by atoms with van der Waals surface area (Å²) < 4.78 is 16.4. The van der Waals surface area contributed by atoms with Crippen LogP contribution in [0, 0.1) is 0 Å². The van der Waals surface area contributed by atoms with Gasteiger partial charge < -0.3 is 29.5 Å². The van der Waals surface area contributed by atoms with Crippen LogP contribution in [0.25, 0.3) is 0 Å². The van der Waals surface area contributed by atoms with Gasteiger partial charge in [0.2, 0.25) is 0 Å². The number of rotatable bonds is 12. The lowest BCUT2D eigenvalue weighted by atomic mass is 10.4. The van der Waals surface area contributed by atoms with Gasteiger partial charge in [-0.1, -0.05) is 0 Å². The number of hydrogen-bond donors (Lipinski definition) is 3. The topological polar surface area (TPSA) is 154 Å². The predicted molar refractivity (Wildman–Crippen MR) is 92.1 cm³/mol. The first-order valence-corrected chi connectivity index (χ1v) is 8.33. The Balaban J connectivity index is 3.32. The molecule has 156 valence electrons. The van der Waals surface area contributed by atoms with Gasteiger partial charge in [0.15, 0.2) is 18.9 Å². The average molecular weight is 393 g/mol. The van der Waals surface area contributed by atoms with Gasteiger partial charge in [-0.2, -0.15) is 0 Å². The van der Waals surface area contributed by atoms with Crippen LogP contribution >= 0.6 is 0 Å². The minimum Gasteiger partial charge on any atom is -0.368 e. The molecule has 1 rings (SSSR count). The van der Waals surface area contributed by atoms with Crippen molar-refractivity contribution in [2.45, 2.75) is 57.8 Å². The summed E-state index contributed by atoms with van der Waals surface area (Å²) in [4.78, 5) is 37.7. The molecule has 1 aromatic rings. The summed E-state index contributed by atoms with van der Waals surface area (Å²) in [5.74, 6) is 0. The molecule has 0 amide bonds. The van der Waals surface area contributed by atoms with E-state index in [1.807, 2.05) is 0 Å². The van der Waals surface area contributed by atoms with Crippen LogP contribution in [0.4, 0.5) is 0 Å². The molecule has 1 heterocycles. The van der Waals surface area contributed by atoms with Gasteiger partial charge in [0.25, 0.3) is 0 Å². The zero-order valence-electron chi connectivity index (χ0n) is 15.6. The minimum absolute atomic E-state index is 0.0504. The van der Waals surface area contributed by atoms with Crippen molar-refractivity contribution >= 4 is 0 Å². The number of ether oxygens (including phenoxy) is 3. The van der Waals surface area contributed by atoms with Gasteiger partial charge in [0.05, 0.1) is 0 Å². The number of aliphatic hydroxyl groups excluding tert-OH is 3. The summed E-state index contributed by atoms with van der Waals surface area (Å²) in [6.07, 6.45) is -3.70. The van der Waals surface area contributed by atoms with Crippen LogP contribution in [0.15, 0.2) is 14.4 Å². The Kier molecular flexibility index (Phi) is 9.55. The second-order valence-corrected chi connectivity index (χ2v) is 5.74. The molecule has 0 fully saturated rings. The Labute approximate surface area is 154 Å². The Hall–Kier alpha value is -1.83. The molecule has 0 aromatic carbocycles. The van der Waals surface area contributed by atoms with Crippen molar-refractivity contribution < 1.29 is 29.5 Å². The van der Waals surface area contributed by atoms with Gasteiger partial charge in [-0.15, -0.1) is 0 Å². The fourth-order valence-electron chi connectivity index (χ4n) is 2.33. The molecule has 3 unspecified atom stereocenters. The molecule has 12 heteroatoms. The SMILES string of the molecule is COC(O)CCn1c(=O)n(CCC(O)OC)c(=O)n(CCC(O)OC)c1=O. The predicted octanol–water partition coefficient (Wildman–Crippen LogP) is -2.76. The van der Waals surface area contributed by atoms with E-state index < -0.39 is 35.9 Å². The van der Waals surface area contributed by atoms with Crippen LogP contribution in [0.1, 0.15) is 19.3 Å². The normalized spacial score (nSPS) is 14.9. The van der Waals surface area contributed by atoms with Crippen molar-refractivity contribution in [1.29, 1.82) is 0 Å². The highest BCUT2D eigenvalue weighted by Crippen LogP contribution is 1.97. The van der Waals surface area contributed by atoms with Gasteiger partial charge in [-0.05, 0) is 0 Å². The van der Waals surface area contributed by atoms with Crippen molar-refractivity contribution in [3.63, 3.8) is 0 Å². The first-order valence-electron chi connectivity index (χ1n) is 8.33. The number of methoxy groups -OCH3 is 3. The van der Waals surface area contributed by atoms with Crippen molar-refractivity contribution in [3.05, 3.63) is 31.5 Å². The summed E-state index contributed by atoms with van der Waals surface area (Å²) in [6, 6.07) is 0. The number of aromatic nitrogens is 3. The Morgan fingerprint density at radius 3 is 1.04 bits per heavy atom. The molecule has 0 saturated carbocycles. The highest BCUT2D eigenvalue weighted by atomic mass is 16.6. The van der Waals surface area contributed by atoms with E-state index in [0.717, 1.165) is 13.7 Å². The van der Waals surface area contributed by atoms with Crippen molar-refractivity contribution in [2.75, 3.05) is 21.3 Å². The highest BCUT2D eigenvalue weighted by molar-refractivity contribution is 4.80. The molecule has 0 saturated heterocycles. The van der Waals surface area contributed by atoms with E-state index in [2.05, 4.69) is 14.2 Å². The second-order valence-electron chi connectivity index (χ2n) is 5.74. The fourth-order valence-corrected chi connectivity index (χ4v) is 2.33. The highest BCUT2D eigenvalue weighted by Gasteiger charge is 2.18. The molecule has 0 bridgehead atoms. The fraction of sp³-hybridized carbons (Fsp3) is 0.800. The Morgan fingerprint density at radius 2 is 0.852 bits per heavy atom. The largest absolute Gasteiger partial charge is 0.368 e. The van der Waals surface area contributed by atoms with Gasteiger partial charge in [0, 0.05) is 60.2 Å². The number of nitrogens with zero attached hydrogens (tertiary/aromatic N) is 3. The number of aliphatic hydroxyl groups is 3. The molecule has 27 heavy (non-hydrogen) atoms. The van der Waals surface area contributed by atoms with Gasteiger partial charge in [-0.3, -0.25) is 0 Å². The molecule has 1 aromatic heterocycles. The summed E-state index contributed by atoms with van der Waals surface area (Å²) in [7, 11) is 3.81. The van der Waals surface area contributed by atoms with Gasteiger partial charge >= 0.3 is 17.1 Å². The molecule has 3 atom stereocenters. The lowest BCUT2D eigenvalue weighted by Crippen LogP contribution is -2.55. The van der Waals surface area contributed by atoms with Gasteiger partial charge in [0.1, 0.15) is 0 Å². The maximum Gasteiger partial charge on any atom is 0.336 e. The smallest absolute Gasteiger partial charge is 0.336 e. The van der Waals surface area contributed by atoms with Crippen molar-refractivity contribution in [3.8, 4) is 0 Å². The molecular formula is C15H27N3O9. The molecular weight excluding hydrogens is 366 g/mol. The van der Waals surface area contributed by atoms with Crippen LogP contribution in [-0.4, -0.2) is 69.2 Å². The van der Waals surface area contributed by atoms with E-state index in [0.29, 0.717) is 0 Å². The maximum absolute atomic E-state index is 12.6. The van der Waals surface area contributed by atoms with Crippen LogP contribution < -0.4 is 17.1 Å². The molecule has 0 radical (unpaired) electrons. The third-order valence-electron chi connectivity index (χ3n) is 4.00. The zero-order chi connectivity index (χ0) is 20.6. The maximum atomic E-state index is 12.6. The summed E-state index contributed by atoms with van der Waals surface area (Å²) in [5, 5.41) is 28.5. The van der Waals surface area contributed by atoms with E-state index in [4.69, 9.17) is 0 Å². The third kappa shape index (κ3) is 6.37. The van der Waals surface area contributed by atoms with Gasteiger partial charge in [-0.25, -0.2) is 28.1 Å². The first-order chi connectivity index (χ1) is 12.8. The monoisotopic (exact) mass is 393 g/mol. The molecule has 0 aliphatic heterocycles. The van der Waals surface area contributed by atoms with E-state index >= 15 is 0 Å². The lowest BCUT2D eigenvalue weighted by molar-refractivity contribution is -0.0820. The molecule has 0 aliphatic rings. The standard InChI is InChI=1S/C15H27N3O9/c1-25-10(19)4-7-16-13(22)17(8-5-11(20)26-2)15(24)18(14(16)23)9-6-12(21)27-3/h10-12,19-21H,4-9H2,1-3H3. The number of hydrogen-bond acceptors (Lipinski definition) is 9. The summed E-state index contributed by atoms with van der Waals surface area (Å²) >= 11 is 0. The third-order valence-corrected chi connectivity index (χ3v) is 4.00. The van der Waals surface area contributed by atoms with Crippen molar-refractivity contribution in [2.24, 2.45) is 0 Å². The Morgan fingerprint density at radius 1 is 0.630 bits per heavy atom. The first kappa shape index (κ1) is 23.2.